The van der Waals surface area contributed by atoms with Crippen LogP contribution in [0.25, 0.3) is 10.9 Å². The van der Waals surface area contributed by atoms with Crippen LogP contribution in [0.1, 0.15) is 13.8 Å². The van der Waals surface area contributed by atoms with Crippen LogP contribution in [0.3, 0.4) is 0 Å². The molecule has 0 spiro atoms. The maximum atomic E-state index is 13.1. The molecule has 1 aromatic heterocycles. The third-order valence-corrected chi connectivity index (χ3v) is 5.73. The lowest BCUT2D eigenvalue weighted by Crippen LogP contribution is -2.32. The quantitative estimate of drug-likeness (QED) is 0.698. The van der Waals surface area contributed by atoms with Crippen LogP contribution in [-0.2, 0) is 21.2 Å². The van der Waals surface area contributed by atoms with Crippen LogP contribution in [0.2, 0.25) is 0 Å². The van der Waals surface area contributed by atoms with Crippen molar-refractivity contribution in [1.29, 1.82) is 0 Å². The van der Waals surface area contributed by atoms with Gasteiger partial charge in [0.05, 0.1) is 9.79 Å². The van der Waals surface area contributed by atoms with Crippen LogP contribution >= 0.6 is 0 Å². The number of nitrogens with one attached hydrogen (secondary N) is 1. The number of hydrogen-bond acceptors (Lipinski definition) is 3. The fourth-order valence-corrected chi connectivity index (χ4v) is 4.30. The van der Waals surface area contributed by atoms with Crippen LogP contribution in [0.5, 0.6) is 0 Å². The SMILES string of the molecule is CC(C)NC(=O)Cn1cc(S(=O)(=O)c2ccc(F)cc2)c2ccccc21. The molecule has 0 aliphatic rings. The molecule has 0 bridgehead atoms. The smallest absolute Gasteiger partial charge is 0.240 e. The number of benzene rings is 2. The summed E-state index contributed by atoms with van der Waals surface area (Å²) in [6.45, 7) is 3.73. The van der Waals surface area contributed by atoms with Crippen LogP contribution in [0.15, 0.2) is 64.5 Å². The Labute approximate surface area is 151 Å². The first-order chi connectivity index (χ1) is 12.3. The highest BCUT2D eigenvalue weighted by atomic mass is 32.2. The molecule has 7 heteroatoms. The maximum absolute atomic E-state index is 13.1. The first-order valence-electron chi connectivity index (χ1n) is 8.17. The predicted octanol–water partition coefficient (Wildman–Crippen LogP) is 3.14. The zero-order valence-corrected chi connectivity index (χ0v) is 15.3. The van der Waals surface area contributed by atoms with Gasteiger partial charge in [-0.1, -0.05) is 18.2 Å². The summed E-state index contributed by atoms with van der Waals surface area (Å²) in [5, 5.41) is 3.31. The number of carbonyl (C=O) groups is 1. The average molecular weight is 374 g/mol. The number of para-hydroxylation sites is 1. The van der Waals surface area contributed by atoms with Crippen molar-refractivity contribution in [2.24, 2.45) is 0 Å². The summed E-state index contributed by atoms with van der Waals surface area (Å²) in [7, 11) is -3.84. The molecular formula is C19H19FN2O3S. The van der Waals surface area contributed by atoms with Crippen LogP contribution in [0.4, 0.5) is 4.39 Å². The highest BCUT2D eigenvalue weighted by Crippen LogP contribution is 2.30. The molecular weight excluding hydrogens is 355 g/mol. The Morgan fingerprint density at radius 1 is 1.12 bits per heavy atom. The van der Waals surface area contributed by atoms with E-state index in [4.69, 9.17) is 0 Å². The number of halogens is 1. The highest BCUT2D eigenvalue weighted by molar-refractivity contribution is 7.91. The number of hydrogen-bond donors (Lipinski definition) is 1. The second-order valence-corrected chi connectivity index (χ2v) is 8.24. The number of fused-ring (bicyclic) bond motifs is 1. The van der Waals surface area contributed by atoms with Crippen LogP contribution in [0, 0.1) is 5.82 Å². The molecule has 5 nitrogen and oxygen atoms in total. The summed E-state index contributed by atoms with van der Waals surface area (Å²) >= 11 is 0. The molecule has 1 N–H and O–H groups in total. The van der Waals surface area contributed by atoms with E-state index in [9.17, 15) is 17.6 Å². The first kappa shape index (κ1) is 18.1. The van der Waals surface area contributed by atoms with Gasteiger partial charge in [0.2, 0.25) is 15.7 Å². The van der Waals surface area contributed by atoms with Crippen molar-refractivity contribution in [1.82, 2.24) is 9.88 Å². The van der Waals surface area contributed by atoms with Gasteiger partial charge in [-0.05, 0) is 44.2 Å². The summed E-state index contributed by atoms with van der Waals surface area (Å²) in [6.07, 6.45) is 1.46. The molecule has 26 heavy (non-hydrogen) atoms. The summed E-state index contributed by atoms with van der Waals surface area (Å²) in [4.78, 5) is 12.2. The van der Waals surface area contributed by atoms with E-state index in [0.29, 0.717) is 10.9 Å². The largest absolute Gasteiger partial charge is 0.352 e. The molecule has 0 aliphatic carbocycles. The van der Waals surface area contributed by atoms with E-state index >= 15 is 0 Å². The summed E-state index contributed by atoms with van der Waals surface area (Å²) in [5.41, 5.74) is 0.645. The molecule has 0 aliphatic heterocycles. The molecule has 0 fully saturated rings. The van der Waals surface area contributed by atoms with Gasteiger partial charge in [-0.2, -0.15) is 0 Å². The van der Waals surface area contributed by atoms with Gasteiger partial charge >= 0.3 is 0 Å². The molecule has 1 amide bonds. The van der Waals surface area contributed by atoms with Crippen molar-refractivity contribution < 1.29 is 17.6 Å². The molecule has 3 rings (SSSR count). The molecule has 0 unspecified atom stereocenters. The minimum absolute atomic E-state index is 0.00764. The lowest BCUT2D eigenvalue weighted by atomic mass is 10.2. The first-order valence-corrected chi connectivity index (χ1v) is 9.65. The van der Waals surface area contributed by atoms with Gasteiger partial charge in [0, 0.05) is 23.1 Å². The number of nitrogens with zero attached hydrogens (tertiary/aromatic N) is 1. The van der Waals surface area contributed by atoms with Gasteiger partial charge in [0.25, 0.3) is 0 Å². The molecule has 1 heterocycles. The molecule has 3 aromatic rings. The van der Waals surface area contributed by atoms with Gasteiger partial charge in [-0.15, -0.1) is 0 Å². The topological polar surface area (TPSA) is 68.2 Å². The standard InChI is InChI=1S/C19H19FN2O3S/c1-13(2)21-19(23)12-22-11-18(16-5-3-4-6-17(16)22)26(24,25)15-9-7-14(20)8-10-15/h3-11,13H,12H2,1-2H3,(H,21,23). The molecule has 136 valence electrons. The fourth-order valence-electron chi connectivity index (χ4n) is 2.82. The molecule has 0 atom stereocenters. The Bertz CT molecular complexity index is 1050. The number of carbonyl (C=O) groups excluding carboxylic acids is 1. The van der Waals surface area contributed by atoms with Crippen molar-refractivity contribution >= 4 is 26.6 Å². The van der Waals surface area contributed by atoms with Crippen LogP contribution < -0.4 is 5.32 Å². The number of aromatic nitrogens is 1. The Morgan fingerprint density at radius 2 is 1.77 bits per heavy atom. The Balaban J connectivity index is 2.09. The van der Waals surface area contributed by atoms with Gasteiger partial charge in [0.15, 0.2) is 0 Å². The monoisotopic (exact) mass is 374 g/mol. The highest BCUT2D eigenvalue weighted by Gasteiger charge is 2.24. The minimum Gasteiger partial charge on any atom is -0.352 e. The number of amides is 1. The third kappa shape index (κ3) is 3.48. The second-order valence-electron chi connectivity index (χ2n) is 6.32. The minimum atomic E-state index is -3.84. The van der Waals surface area contributed by atoms with Gasteiger partial charge in [-0.25, -0.2) is 12.8 Å². The van der Waals surface area contributed by atoms with E-state index in [1.165, 1.54) is 18.3 Å². The van der Waals surface area contributed by atoms with E-state index in [0.717, 1.165) is 12.1 Å². The van der Waals surface area contributed by atoms with E-state index in [2.05, 4.69) is 5.32 Å². The van der Waals surface area contributed by atoms with E-state index in [-0.39, 0.29) is 28.3 Å². The molecule has 0 radical (unpaired) electrons. The fraction of sp³-hybridized carbons (Fsp3) is 0.211. The Hall–Kier alpha value is -2.67. The van der Waals surface area contributed by atoms with Gasteiger partial charge in [-0.3, -0.25) is 4.79 Å². The van der Waals surface area contributed by atoms with E-state index in [1.807, 2.05) is 13.8 Å². The van der Waals surface area contributed by atoms with Crippen molar-refractivity contribution in [2.45, 2.75) is 36.2 Å². The number of rotatable bonds is 5. The predicted molar refractivity (Wildman–Crippen MR) is 97.1 cm³/mol. The zero-order chi connectivity index (χ0) is 18.9. The normalized spacial score (nSPS) is 11.8. The van der Waals surface area contributed by atoms with E-state index in [1.54, 1.807) is 28.8 Å². The number of sulfone groups is 1. The van der Waals surface area contributed by atoms with Crippen molar-refractivity contribution in [3.63, 3.8) is 0 Å². The molecule has 0 saturated heterocycles. The Kier molecular flexibility index (Phi) is 4.82. The van der Waals surface area contributed by atoms with Crippen molar-refractivity contribution in [2.75, 3.05) is 0 Å². The van der Waals surface area contributed by atoms with Gasteiger partial charge < -0.3 is 9.88 Å². The summed E-state index contributed by atoms with van der Waals surface area (Å²) in [6, 6.07) is 11.7. The summed E-state index contributed by atoms with van der Waals surface area (Å²) < 4.78 is 40.8. The van der Waals surface area contributed by atoms with Crippen LogP contribution in [-0.4, -0.2) is 24.9 Å². The molecule has 0 saturated carbocycles. The lowest BCUT2D eigenvalue weighted by molar-refractivity contribution is -0.122. The third-order valence-electron chi connectivity index (χ3n) is 3.93. The summed E-state index contributed by atoms with van der Waals surface area (Å²) in [5.74, 6) is -0.705. The average Bonchev–Trinajstić information content (AvgIpc) is 2.94. The van der Waals surface area contributed by atoms with Crippen molar-refractivity contribution in [3.8, 4) is 0 Å². The van der Waals surface area contributed by atoms with Gasteiger partial charge in [0.1, 0.15) is 12.4 Å². The Morgan fingerprint density at radius 3 is 2.42 bits per heavy atom. The second kappa shape index (κ2) is 6.92. The zero-order valence-electron chi connectivity index (χ0n) is 14.4. The van der Waals surface area contributed by atoms with E-state index < -0.39 is 15.7 Å². The maximum Gasteiger partial charge on any atom is 0.240 e. The van der Waals surface area contributed by atoms with Crippen molar-refractivity contribution in [3.05, 3.63) is 60.5 Å². The molecule has 2 aromatic carbocycles. The lowest BCUT2D eigenvalue weighted by Gasteiger charge is -2.09.